The van der Waals surface area contributed by atoms with Gasteiger partial charge in [-0.3, -0.25) is 14.6 Å². The maximum atomic E-state index is 12.9. The van der Waals surface area contributed by atoms with Crippen LogP contribution in [0.2, 0.25) is 0 Å². The highest BCUT2D eigenvalue weighted by Crippen LogP contribution is 2.27. The molecular weight excluding hydrogens is 372 g/mol. The number of hydrogen-bond acceptors (Lipinski definition) is 6. The summed E-state index contributed by atoms with van der Waals surface area (Å²) in [6.07, 6.45) is 1.50. The van der Waals surface area contributed by atoms with E-state index in [2.05, 4.69) is 15.2 Å². The standard InChI is InChI=1S/C21H24N4O4/c26-20(23-17-3-1-2-4-19(17)24-7-11-28-12-8-24)16-5-6-22-18(15-16)21(27)25-9-13-29-14-10-25/h1-6,15H,7-14H2,(H,23,26). The molecule has 2 aliphatic rings. The highest BCUT2D eigenvalue weighted by Gasteiger charge is 2.21. The molecule has 1 N–H and O–H groups in total. The fraction of sp³-hybridized carbons (Fsp3) is 0.381. The molecular formula is C21H24N4O4. The van der Waals surface area contributed by atoms with Crippen molar-refractivity contribution < 1.29 is 19.1 Å². The van der Waals surface area contributed by atoms with Crippen molar-refractivity contribution in [3.05, 3.63) is 53.9 Å². The number of anilines is 2. The maximum Gasteiger partial charge on any atom is 0.272 e. The summed E-state index contributed by atoms with van der Waals surface area (Å²) in [7, 11) is 0. The number of carbonyl (C=O) groups is 2. The number of carbonyl (C=O) groups excluding carboxylic acids is 2. The Morgan fingerprint density at radius 2 is 1.62 bits per heavy atom. The van der Waals surface area contributed by atoms with E-state index in [0.29, 0.717) is 45.1 Å². The quantitative estimate of drug-likeness (QED) is 0.846. The molecule has 0 unspecified atom stereocenters. The third-order valence-electron chi connectivity index (χ3n) is 5.04. The van der Waals surface area contributed by atoms with E-state index in [1.807, 2.05) is 24.3 Å². The summed E-state index contributed by atoms with van der Waals surface area (Å²) >= 11 is 0. The summed E-state index contributed by atoms with van der Waals surface area (Å²) in [6, 6.07) is 10.9. The Kier molecular flexibility index (Phi) is 6.02. The van der Waals surface area contributed by atoms with Crippen LogP contribution in [0.3, 0.4) is 0 Å². The molecule has 0 aliphatic carbocycles. The van der Waals surface area contributed by atoms with Crippen molar-refractivity contribution in [2.75, 3.05) is 62.8 Å². The normalized spacial score (nSPS) is 17.1. The summed E-state index contributed by atoms with van der Waals surface area (Å²) in [5.74, 6) is -0.458. The van der Waals surface area contributed by atoms with E-state index in [-0.39, 0.29) is 17.5 Å². The first-order valence-corrected chi connectivity index (χ1v) is 9.78. The monoisotopic (exact) mass is 396 g/mol. The predicted molar refractivity (Wildman–Crippen MR) is 108 cm³/mol. The van der Waals surface area contributed by atoms with E-state index >= 15 is 0 Å². The molecule has 2 aromatic rings. The van der Waals surface area contributed by atoms with Gasteiger partial charge in [0.05, 0.1) is 37.8 Å². The number of rotatable bonds is 4. The van der Waals surface area contributed by atoms with Crippen molar-refractivity contribution in [1.29, 1.82) is 0 Å². The fourth-order valence-electron chi connectivity index (χ4n) is 3.47. The van der Waals surface area contributed by atoms with Gasteiger partial charge in [-0.15, -0.1) is 0 Å². The molecule has 2 aliphatic heterocycles. The van der Waals surface area contributed by atoms with Gasteiger partial charge in [0.1, 0.15) is 5.69 Å². The summed E-state index contributed by atoms with van der Waals surface area (Å²) in [5, 5.41) is 2.98. The van der Waals surface area contributed by atoms with Crippen LogP contribution in [-0.4, -0.2) is 74.3 Å². The second-order valence-corrected chi connectivity index (χ2v) is 6.91. The predicted octanol–water partition coefficient (Wildman–Crippen LogP) is 1.64. The van der Waals surface area contributed by atoms with E-state index < -0.39 is 0 Å². The molecule has 0 radical (unpaired) electrons. The van der Waals surface area contributed by atoms with Gasteiger partial charge in [-0.1, -0.05) is 12.1 Å². The third kappa shape index (κ3) is 4.55. The largest absolute Gasteiger partial charge is 0.378 e. The van der Waals surface area contributed by atoms with Gasteiger partial charge in [0.15, 0.2) is 0 Å². The Balaban J connectivity index is 1.50. The second kappa shape index (κ2) is 9.02. The maximum absolute atomic E-state index is 12.9. The van der Waals surface area contributed by atoms with E-state index in [1.165, 1.54) is 6.20 Å². The van der Waals surface area contributed by atoms with Crippen molar-refractivity contribution in [2.24, 2.45) is 0 Å². The van der Waals surface area contributed by atoms with Crippen LogP contribution in [0, 0.1) is 0 Å². The number of benzene rings is 1. The number of hydrogen-bond donors (Lipinski definition) is 1. The molecule has 3 heterocycles. The van der Waals surface area contributed by atoms with Crippen molar-refractivity contribution in [3.8, 4) is 0 Å². The minimum atomic E-state index is -0.274. The summed E-state index contributed by atoms with van der Waals surface area (Å²) in [6.45, 7) is 4.99. The topological polar surface area (TPSA) is 84.0 Å². The molecule has 0 bridgehead atoms. The molecule has 2 fully saturated rings. The lowest BCUT2D eigenvalue weighted by atomic mass is 10.1. The molecule has 2 amide bonds. The minimum absolute atomic E-state index is 0.184. The zero-order valence-corrected chi connectivity index (χ0v) is 16.2. The average Bonchev–Trinajstić information content (AvgIpc) is 2.80. The van der Waals surface area contributed by atoms with Crippen LogP contribution in [0.15, 0.2) is 42.6 Å². The van der Waals surface area contributed by atoms with E-state index in [0.717, 1.165) is 24.5 Å². The van der Waals surface area contributed by atoms with Crippen LogP contribution in [-0.2, 0) is 9.47 Å². The second-order valence-electron chi connectivity index (χ2n) is 6.91. The molecule has 0 atom stereocenters. The lowest BCUT2D eigenvalue weighted by molar-refractivity contribution is 0.0299. The van der Waals surface area contributed by atoms with Gasteiger partial charge in [0, 0.05) is 37.9 Å². The molecule has 8 heteroatoms. The molecule has 1 aromatic heterocycles. The van der Waals surface area contributed by atoms with E-state index in [9.17, 15) is 9.59 Å². The van der Waals surface area contributed by atoms with Gasteiger partial charge in [-0.2, -0.15) is 0 Å². The van der Waals surface area contributed by atoms with Crippen LogP contribution in [0.4, 0.5) is 11.4 Å². The minimum Gasteiger partial charge on any atom is -0.378 e. The average molecular weight is 396 g/mol. The van der Waals surface area contributed by atoms with Crippen molar-refractivity contribution in [3.63, 3.8) is 0 Å². The Labute approximate surface area is 169 Å². The van der Waals surface area contributed by atoms with Gasteiger partial charge in [-0.25, -0.2) is 0 Å². The van der Waals surface area contributed by atoms with Crippen LogP contribution >= 0.6 is 0 Å². The Bertz CT molecular complexity index is 876. The number of pyridine rings is 1. The summed E-state index contributed by atoms with van der Waals surface area (Å²) in [5.41, 5.74) is 2.36. The van der Waals surface area contributed by atoms with Gasteiger partial charge >= 0.3 is 0 Å². The highest BCUT2D eigenvalue weighted by atomic mass is 16.5. The first kappa shape index (κ1) is 19.4. The number of ether oxygens (including phenoxy) is 2. The first-order valence-electron chi connectivity index (χ1n) is 9.78. The molecule has 0 saturated carbocycles. The Hall–Kier alpha value is -2.97. The number of para-hydroxylation sites is 2. The van der Waals surface area contributed by atoms with Crippen LogP contribution < -0.4 is 10.2 Å². The lowest BCUT2D eigenvalue weighted by Gasteiger charge is -2.30. The Morgan fingerprint density at radius 1 is 0.931 bits per heavy atom. The number of nitrogens with zero attached hydrogens (tertiary/aromatic N) is 3. The molecule has 152 valence electrons. The van der Waals surface area contributed by atoms with Crippen LogP contribution in [0.25, 0.3) is 0 Å². The SMILES string of the molecule is O=C(Nc1ccccc1N1CCOCC1)c1ccnc(C(=O)N2CCOCC2)c1. The lowest BCUT2D eigenvalue weighted by Crippen LogP contribution is -2.41. The van der Waals surface area contributed by atoms with Crippen LogP contribution in [0.1, 0.15) is 20.8 Å². The smallest absolute Gasteiger partial charge is 0.272 e. The zero-order chi connectivity index (χ0) is 20.1. The van der Waals surface area contributed by atoms with Crippen LogP contribution in [0.5, 0.6) is 0 Å². The molecule has 2 saturated heterocycles. The Morgan fingerprint density at radius 3 is 2.38 bits per heavy atom. The fourth-order valence-corrected chi connectivity index (χ4v) is 3.47. The molecule has 29 heavy (non-hydrogen) atoms. The summed E-state index contributed by atoms with van der Waals surface area (Å²) in [4.78, 5) is 33.6. The number of morpholine rings is 2. The third-order valence-corrected chi connectivity index (χ3v) is 5.04. The molecule has 1 aromatic carbocycles. The number of aromatic nitrogens is 1. The highest BCUT2D eigenvalue weighted by molar-refractivity contribution is 6.07. The molecule has 0 spiro atoms. The van der Waals surface area contributed by atoms with E-state index in [1.54, 1.807) is 17.0 Å². The van der Waals surface area contributed by atoms with Gasteiger partial charge in [0.2, 0.25) is 0 Å². The number of nitrogens with one attached hydrogen (secondary N) is 1. The first-order chi connectivity index (χ1) is 14.2. The van der Waals surface area contributed by atoms with Gasteiger partial charge < -0.3 is 24.6 Å². The molecule has 4 rings (SSSR count). The zero-order valence-electron chi connectivity index (χ0n) is 16.2. The van der Waals surface area contributed by atoms with Crippen molar-refractivity contribution >= 4 is 23.2 Å². The van der Waals surface area contributed by atoms with Gasteiger partial charge in [0.25, 0.3) is 11.8 Å². The summed E-state index contributed by atoms with van der Waals surface area (Å²) < 4.78 is 10.7. The van der Waals surface area contributed by atoms with Gasteiger partial charge in [-0.05, 0) is 24.3 Å². The van der Waals surface area contributed by atoms with E-state index in [4.69, 9.17) is 9.47 Å². The van der Waals surface area contributed by atoms with Crippen molar-refractivity contribution in [2.45, 2.75) is 0 Å². The number of amides is 2. The molecule has 8 nitrogen and oxygen atoms in total. The van der Waals surface area contributed by atoms with Crippen molar-refractivity contribution in [1.82, 2.24) is 9.88 Å².